The van der Waals surface area contributed by atoms with Crippen molar-refractivity contribution >= 4 is 0 Å². The van der Waals surface area contributed by atoms with Crippen molar-refractivity contribution in [2.45, 2.75) is 44.7 Å². The SMILES string of the molecule is FCC/C=C/C1CCC(c2ccc(CF)cc2)CC1. The molecule has 104 valence electrons. The van der Waals surface area contributed by atoms with E-state index in [0.29, 0.717) is 18.3 Å². The van der Waals surface area contributed by atoms with Gasteiger partial charge in [0.2, 0.25) is 0 Å². The molecule has 0 aliphatic heterocycles. The number of halogens is 2. The van der Waals surface area contributed by atoms with Crippen LogP contribution >= 0.6 is 0 Å². The lowest BCUT2D eigenvalue weighted by Gasteiger charge is -2.27. The second kappa shape index (κ2) is 7.42. The smallest absolute Gasteiger partial charge is 0.115 e. The molecule has 0 aromatic heterocycles. The number of hydrogen-bond acceptors (Lipinski definition) is 0. The van der Waals surface area contributed by atoms with Crippen LogP contribution in [0.2, 0.25) is 0 Å². The van der Waals surface area contributed by atoms with Crippen LogP contribution in [0.25, 0.3) is 0 Å². The van der Waals surface area contributed by atoms with Gasteiger partial charge in [-0.25, -0.2) is 4.39 Å². The summed E-state index contributed by atoms with van der Waals surface area (Å²) in [6, 6.07) is 7.92. The highest BCUT2D eigenvalue weighted by Gasteiger charge is 2.20. The normalized spacial score (nSPS) is 23.9. The molecule has 0 bridgehead atoms. The first-order valence-electron chi connectivity index (χ1n) is 7.21. The Kier molecular flexibility index (Phi) is 5.56. The van der Waals surface area contributed by atoms with Crippen molar-refractivity contribution in [3.63, 3.8) is 0 Å². The molecule has 0 heterocycles. The lowest BCUT2D eigenvalue weighted by molar-refractivity contribution is 0.375. The minimum absolute atomic E-state index is 0.257. The Balaban J connectivity index is 1.85. The number of allylic oxidation sites excluding steroid dienone is 2. The van der Waals surface area contributed by atoms with Gasteiger partial charge >= 0.3 is 0 Å². The first-order chi connectivity index (χ1) is 9.33. The predicted octanol–water partition coefficient (Wildman–Crippen LogP) is 5.35. The topological polar surface area (TPSA) is 0 Å². The maximum Gasteiger partial charge on any atom is 0.115 e. The third-order valence-corrected chi connectivity index (χ3v) is 4.06. The molecule has 0 saturated heterocycles. The van der Waals surface area contributed by atoms with Crippen LogP contribution in [0, 0.1) is 5.92 Å². The summed E-state index contributed by atoms with van der Waals surface area (Å²) < 4.78 is 24.5. The zero-order chi connectivity index (χ0) is 13.5. The van der Waals surface area contributed by atoms with Gasteiger partial charge in [-0.15, -0.1) is 0 Å². The van der Waals surface area contributed by atoms with Gasteiger partial charge in [-0.05, 0) is 55.1 Å². The molecular formula is C17H22F2. The van der Waals surface area contributed by atoms with Crippen LogP contribution < -0.4 is 0 Å². The minimum Gasteiger partial charge on any atom is -0.251 e. The van der Waals surface area contributed by atoms with Gasteiger partial charge in [0, 0.05) is 0 Å². The van der Waals surface area contributed by atoms with Crippen LogP contribution in [-0.2, 0) is 6.67 Å². The second-order valence-corrected chi connectivity index (χ2v) is 5.39. The highest BCUT2D eigenvalue weighted by atomic mass is 19.1. The van der Waals surface area contributed by atoms with E-state index in [4.69, 9.17) is 0 Å². The molecule has 2 heteroatoms. The molecule has 19 heavy (non-hydrogen) atoms. The molecule has 1 aromatic carbocycles. The molecule has 0 nitrogen and oxygen atoms in total. The predicted molar refractivity (Wildman–Crippen MR) is 75.7 cm³/mol. The fourth-order valence-corrected chi connectivity index (χ4v) is 2.88. The summed E-state index contributed by atoms with van der Waals surface area (Å²) in [5.41, 5.74) is 2.09. The maximum atomic E-state index is 12.5. The van der Waals surface area contributed by atoms with E-state index in [1.165, 1.54) is 31.2 Å². The highest BCUT2D eigenvalue weighted by molar-refractivity contribution is 5.25. The van der Waals surface area contributed by atoms with Crippen molar-refractivity contribution in [1.29, 1.82) is 0 Å². The van der Waals surface area contributed by atoms with Crippen LogP contribution in [-0.4, -0.2) is 6.67 Å². The van der Waals surface area contributed by atoms with E-state index >= 15 is 0 Å². The maximum absolute atomic E-state index is 12.5. The van der Waals surface area contributed by atoms with Crippen LogP contribution in [0.1, 0.15) is 49.1 Å². The molecule has 2 rings (SSSR count). The number of hydrogen-bond donors (Lipinski definition) is 0. The summed E-state index contributed by atoms with van der Waals surface area (Å²) in [7, 11) is 0. The van der Waals surface area contributed by atoms with Crippen molar-refractivity contribution in [1.82, 2.24) is 0 Å². The van der Waals surface area contributed by atoms with Crippen LogP contribution in [0.15, 0.2) is 36.4 Å². The van der Waals surface area contributed by atoms with Gasteiger partial charge in [0.15, 0.2) is 0 Å². The first kappa shape index (κ1) is 14.2. The standard InChI is InChI=1S/C17H22F2/c18-12-2-1-3-14-4-8-16(9-5-14)17-10-6-15(13-19)7-11-17/h1,3,6-7,10-11,14,16H,2,4-5,8-9,12-13H2/b3-1+. The highest BCUT2D eigenvalue weighted by Crippen LogP contribution is 2.36. The van der Waals surface area contributed by atoms with Gasteiger partial charge in [-0.2, -0.15) is 0 Å². The average Bonchev–Trinajstić information content (AvgIpc) is 2.48. The molecule has 0 radical (unpaired) electrons. The Bertz CT molecular complexity index is 386. The lowest BCUT2D eigenvalue weighted by atomic mass is 9.78. The third kappa shape index (κ3) is 4.15. The molecule has 0 amide bonds. The Hall–Kier alpha value is -1.18. The Morgan fingerprint density at radius 2 is 1.68 bits per heavy atom. The zero-order valence-electron chi connectivity index (χ0n) is 11.3. The number of rotatable bonds is 5. The van der Waals surface area contributed by atoms with Crippen molar-refractivity contribution < 1.29 is 8.78 Å². The molecule has 0 unspecified atom stereocenters. The molecule has 1 fully saturated rings. The quantitative estimate of drug-likeness (QED) is 0.629. The van der Waals surface area contributed by atoms with E-state index in [-0.39, 0.29) is 13.3 Å². The van der Waals surface area contributed by atoms with Gasteiger partial charge in [-0.1, -0.05) is 36.4 Å². The molecule has 1 aliphatic carbocycles. The monoisotopic (exact) mass is 264 g/mol. The second-order valence-electron chi connectivity index (χ2n) is 5.39. The van der Waals surface area contributed by atoms with Crippen molar-refractivity contribution in [3.05, 3.63) is 47.5 Å². The van der Waals surface area contributed by atoms with Gasteiger partial charge in [-0.3, -0.25) is 4.39 Å². The summed E-state index contributed by atoms with van der Waals surface area (Å²) in [5.74, 6) is 1.23. The summed E-state index contributed by atoms with van der Waals surface area (Å²) in [6.45, 7) is -0.640. The average molecular weight is 264 g/mol. The van der Waals surface area contributed by atoms with Crippen molar-refractivity contribution in [2.24, 2.45) is 5.92 Å². The van der Waals surface area contributed by atoms with E-state index in [9.17, 15) is 8.78 Å². The molecule has 1 aromatic rings. The Morgan fingerprint density at radius 3 is 2.26 bits per heavy atom. The molecule has 1 saturated carbocycles. The Morgan fingerprint density at radius 1 is 1.00 bits per heavy atom. The van der Waals surface area contributed by atoms with E-state index in [0.717, 1.165) is 5.56 Å². The summed E-state index contributed by atoms with van der Waals surface area (Å²) >= 11 is 0. The van der Waals surface area contributed by atoms with Crippen molar-refractivity contribution in [3.8, 4) is 0 Å². The third-order valence-electron chi connectivity index (χ3n) is 4.06. The van der Waals surface area contributed by atoms with E-state index in [1.54, 1.807) is 0 Å². The minimum atomic E-state index is -0.383. The molecule has 0 N–H and O–H groups in total. The van der Waals surface area contributed by atoms with E-state index in [1.807, 2.05) is 18.2 Å². The van der Waals surface area contributed by atoms with Gasteiger partial charge in [0.25, 0.3) is 0 Å². The fourth-order valence-electron chi connectivity index (χ4n) is 2.88. The van der Waals surface area contributed by atoms with Crippen LogP contribution in [0.4, 0.5) is 8.78 Å². The first-order valence-corrected chi connectivity index (χ1v) is 7.21. The zero-order valence-corrected chi connectivity index (χ0v) is 11.3. The molecular weight excluding hydrogens is 242 g/mol. The molecule has 1 aliphatic rings. The lowest BCUT2D eigenvalue weighted by Crippen LogP contribution is -2.11. The fraction of sp³-hybridized carbons (Fsp3) is 0.529. The van der Waals surface area contributed by atoms with Crippen LogP contribution in [0.5, 0.6) is 0 Å². The summed E-state index contributed by atoms with van der Waals surface area (Å²) in [6.07, 6.45) is 9.42. The van der Waals surface area contributed by atoms with Gasteiger partial charge in [0.05, 0.1) is 6.67 Å². The largest absolute Gasteiger partial charge is 0.251 e. The summed E-state index contributed by atoms with van der Waals surface area (Å²) in [4.78, 5) is 0. The molecule has 0 atom stereocenters. The van der Waals surface area contributed by atoms with Crippen molar-refractivity contribution in [2.75, 3.05) is 6.67 Å². The van der Waals surface area contributed by atoms with Crippen LogP contribution in [0.3, 0.4) is 0 Å². The summed E-state index contributed by atoms with van der Waals surface area (Å²) in [5, 5.41) is 0. The van der Waals surface area contributed by atoms with Gasteiger partial charge in [0.1, 0.15) is 6.67 Å². The van der Waals surface area contributed by atoms with E-state index < -0.39 is 0 Å². The number of alkyl halides is 2. The Labute approximate surface area is 114 Å². The van der Waals surface area contributed by atoms with E-state index in [2.05, 4.69) is 18.2 Å². The molecule has 0 spiro atoms. The number of benzene rings is 1. The van der Waals surface area contributed by atoms with Gasteiger partial charge < -0.3 is 0 Å².